The summed E-state index contributed by atoms with van der Waals surface area (Å²) in [5.74, 6) is -0.843. The summed E-state index contributed by atoms with van der Waals surface area (Å²) >= 11 is 0. The molecule has 0 N–H and O–H groups in total. The molecule has 0 aliphatic heterocycles. The highest BCUT2D eigenvalue weighted by molar-refractivity contribution is 5.23. The molecule has 168 valence electrons. The fraction of sp³-hybridized carbons (Fsp3) is 0.692. The van der Waals surface area contributed by atoms with Crippen molar-refractivity contribution in [3.05, 3.63) is 47.8 Å². The molecule has 0 aromatic heterocycles. The smallest absolute Gasteiger partial charge is 0.194 e. The van der Waals surface area contributed by atoms with E-state index in [2.05, 4.69) is 26.5 Å². The maximum atomic E-state index is 13.1. The Hall–Kier alpha value is -1.25. The van der Waals surface area contributed by atoms with Crippen molar-refractivity contribution in [2.45, 2.75) is 98.8 Å². The first-order chi connectivity index (χ1) is 13.9. The molecule has 2 fully saturated rings. The summed E-state index contributed by atoms with van der Waals surface area (Å²) in [4.78, 5) is 0. The second kappa shape index (κ2) is 15.6. The molecular formula is C26H43F3. The van der Waals surface area contributed by atoms with Crippen molar-refractivity contribution >= 4 is 0 Å². The lowest BCUT2D eigenvalue weighted by molar-refractivity contribution is 0.331. The van der Waals surface area contributed by atoms with Gasteiger partial charge in [0.15, 0.2) is 17.5 Å². The molecule has 0 atom stereocenters. The Bertz CT molecular complexity index is 528. The molecular weight excluding hydrogens is 369 g/mol. The number of hydrogen-bond donors (Lipinski definition) is 0. The van der Waals surface area contributed by atoms with Gasteiger partial charge >= 0.3 is 0 Å². The van der Waals surface area contributed by atoms with E-state index in [9.17, 15) is 13.2 Å². The normalized spacial score (nSPS) is 25.8. The molecule has 0 radical (unpaired) electrons. The van der Waals surface area contributed by atoms with Crippen molar-refractivity contribution in [2.24, 2.45) is 17.8 Å². The molecule has 29 heavy (non-hydrogen) atoms. The Balaban J connectivity index is 0.000000513. The van der Waals surface area contributed by atoms with Gasteiger partial charge in [-0.05, 0) is 67.1 Å². The van der Waals surface area contributed by atoms with Crippen LogP contribution >= 0.6 is 0 Å². The Morgan fingerprint density at radius 3 is 1.48 bits per heavy atom. The first kappa shape index (κ1) is 27.8. The molecule has 1 aromatic carbocycles. The molecule has 1 aromatic rings. The van der Waals surface area contributed by atoms with E-state index in [1.165, 1.54) is 25.7 Å². The third kappa shape index (κ3) is 9.87. The Morgan fingerprint density at radius 1 is 0.724 bits per heavy atom. The molecule has 0 heterocycles. The average molecular weight is 413 g/mol. The van der Waals surface area contributed by atoms with Gasteiger partial charge in [0.2, 0.25) is 0 Å². The van der Waals surface area contributed by atoms with Gasteiger partial charge < -0.3 is 0 Å². The van der Waals surface area contributed by atoms with Crippen molar-refractivity contribution in [3.8, 4) is 0 Å². The third-order valence-corrected chi connectivity index (χ3v) is 5.89. The highest BCUT2D eigenvalue weighted by atomic mass is 19.2. The van der Waals surface area contributed by atoms with Gasteiger partial charge in [0.1, 0.15) is 0 Å². The van der Waals surface area contributed by atoms with Gasteiger partial charge in [-0.25, -0.2) is 13.2 Å². The minimum absolute atomic E-state index is 0.181. The second-order valence-electron chi connectivity index (χ2n) is 8.01. The number of allylic oxidation sites excluding steroid dienone is 1. The fourth-order valence-electron chi connectivity index (χ4n) is 3.93. The number of benzene rings is 1. The third-order valence-electron chi connectivity index (χ3n) is 5.89. The van der Waals surface area contributed by atoms with Crippen LogP contribution in [-0.2, 0) is 0 Å². The van der Waals surface area contributed by atoms with Gasteiger partial charge in [-0.1, -0.05) is 73.3 Å². The first-order valence-corrected chi connectivity index (χ1v) is 11.7. The number of hydrogen-bond acceptors (Lipinski definition) is 0. The van der Waals surface area contributed by atoms with Crippen LogP contribution in [0.2, 0.25) is 0 Å². The molecule has 2 aliphatic rings. The topological polar surface area (TPSA) is 0 Å². The van der Waals surface area contributed by atoms with Crippen LogP contribution in [0.3, 0.4) is 0 Å². The molecule has 0 amide bonds. The number of rotatable bonds is 2. The van der Waals surface area contributed by atoms with Gasteiger partial charge in [0.05, 0.1) is 0 Å². The Labute approximate surface area is 178 Å². The zero-order valence-electron chi connectivity index (χ0n) is 19.5. The SMILES string of the molecule is C=CC1CCC(C)CC1.CC.CC.CC1CCC(c2cc(F)c(F)c(F)c2)CC1. The lowest BCUT2D eigenvalue weighted by Crippen LogP contribution is -2.11. The van der Waals surface area contributed by atoms with Gasteiger partial charge in [0.25, 0.3) is 0 Å². The summed E-state index contributed by atoms with van der Waals surface area (Å²) in [6.45, 7) is 16.3. The first-order valence-electron chi connectivity index (χ1n) is 11.7. The van der Waals surface area contributed by atoms with Crippen LogP contribution in [0.5, 0.6) is 0 Å². The lowest BCUT2D eigenvalue weighted by Gasteiger charge is -2.26. The molecule has 0 bridgehead atoms. The fourth-order valence-corrected chi connectivity index (χ4v) is 3.93. The monoisotopic (exact) mass is 412 g/mol. The van der Waals surface area contributed by atoms with E-state index in [1.807, 2.05) is 27.7 Å². The molecule has 2 saturated carbocycles. The van der Waals surface area contributed by atoms with E-state index >= 15 is 0 Å². The summed E-state index contributed by atoms with van der Waals surface area (Å²) in [7, 11) is 0. The van der Waals surface area contributed by atoms with E-state index in [4.69, 9.17) is 0 Å². The summed E-state index contributed by atoms with van der Waals surface area (Å²) in [6.07, 6.45) is 11.7. The van der Waals surface area contributed by atoms with Crippen molar-refractivity contribution in [3.63, 3.8) is 0 Å². The van der Waals surface area contributed by atoms with Gasteiger partial charge in [-0.15, -0.1) is 6.58 Å². The molecule has 0 unspecified atom stereocenters. The predicted molar refractivity (Wildman–Crippen MR) is 121 cm³/mol. The summed E-state index contributed by atoms with van der Waals surface area (Å²) in [5.41, 5.74) is 0.600. The van der Waals surface area contributed by atoms with Crippen molar-refractivity contribution in [1.29, 1.82) is 0 Å². The van der Waals surface area contributed by atoms with Crippen LogP contribution in [0.1, 0.15) is 104 Å². The lowest BCUT2D eigenvalue weighted by atomic mass is 9.79. The molecule has 3 heteroatoms. The predicted octanol–water partition coefficient (Wildman–Crippen LogP) is 9.45. The standard InChI is InChI=1S/C13H15F3.C9H16.2C2H6/c1-8-2-4-9(5-3-8)10-6-11(14)13(16)12(15)7-10;1-3-9-6-4-8(2)5-7-9;2*1-2/h6-9H,2-5H2,1H3;3,8-9H,1,4-7H2,2H3;2*1-2H3. The van der Waals surface area contributed by atoms with Gasteiger partial charge in [-0.2, -0.15) is 0 Å². The summed E-state index contributed by atoms with van der Waals surface area (Å²) in [6, 6.07) is 2.28. The summed E-state index contributed by atoms with van der Waals surface area (Å²) in [5, 5.41) is 0. The van der Waals surface area contributed by atoms with E-state index in [1.54, 1.807) is 0 Å². The minimum atomic E-state index is -1.37. The minimum Gasteiger partial charge on any atom is -0.204 e. The van der Waals surface area contributed by atoms with Crippen molar-refractivity contribution in [2.75, 3.05) is 0 Å². The maximum absolute atomic E-state index is 13.1. The molecule has 0 nitrogen and oxygen atoms in total. The maximum Gasteiger partial charge on any atom is 0.194 e. The van der Waals surface area contributed by atoms with Crippen LogP contribution in [0, 0.1) is 35.2 Å². The van der Waals surface area contributed by atoms with Crippen LogP contribution in [0.4, 0.5) is 13.2 Å². The van der Waals surface area contributed by atoms with Gasteiger partial charge in [0, 0.05) is 0 Å². The van der Waals surface area contributed by atoms with E-state index in [0.717, 1.165) is 49.7 Å². The highest BCUT2D eigenvalue weighted by Gasteiger charge is 2.22. The van der Waals surface area contributed by atoms with E-state index in [0.29, 0.717) is 11.5 Å². The quantitative estimate of drug-likeness (QED) is 0.335. The van der Waals surface area contributed by atoms with Crippen LogP contribution in [-0.4, -0.2) is 0 Å². The van der Waals surface area contributed by atoms with Crippen LogP contribution < -0.4 is 0 Å². The van der Waals surface area contributed by atoms with Crippen LogP contribution in [0.15, 0.2) is 24.8 Å². The molecule has 0 spiro atoms. The van der Waals surface area contributed by atoms with Crippen molar-refractivity contribution in [1.82, 2.24) is 0 Å². The van der Waals surface area contributed by atoms with Crippen molar-refractivity contribution < 1.29 is 13.2 Å². The average Bonchev–Trinajstić information content (AvgIpc) is 2.76. The van der Waals surface area contributed by atoms with Crippen LogP contribution in [0.25, 0.3) is 0 Å². The van der Waals surface area contributed by atoms with E-state index < -0.39 is 17.5 Å². The zero-order valence-corrected chi connectivity index (χ0v) is 19.5. The molecule has 2 aliphatic carbocycles. The second-order valence-corrected chi connectivity index (χ2v) is 8.01. The highest BCUT2D eigenvalue weighted by Crippen LogP contribution is 2.36. The molecule has 0 saturated heterocycles. The molecule has 3 rings (SSSR count). The van der Waals surface area contributed by atoms with E-state index in [-0.39, 0.29) is 5.92 Å². The Morgan fingerprint density at radius 2 is 1.10 bits per heavy atom. The summed E-state index contributed by atoms with van der Waals surface area (Å²) < 4.78 is 38.9. The van der Waals surface area contributed by atoms with Gasteiger partial charge in [-0.3, -0.25) is 0 Å². The largest absolute Gasteiger partial charge is 0.204 e. The number of halogens is 3. The zero-order chi connectivity index (χ0) is 22.4. The Kier molecular flexibility index (Phi) is 14.9.